The lowest BCUT2D eigenvalue weighted by Crippen LogP contribution is -2.19. The van der Waals surface area contributed by atoms with Crippen LogP contribution in [-0.2, 0) is 4.79 Å². The van der Waals surface area contributed by atoms with Gasteiger partial charge in [-0.3, -0.25) is 4.79 Å². The summed E-state index contributed by atoms with van der Waals surface area (Å²) in [6, 6.07) is 0. The zero-order chi connectivity index (χ0) is 9.68. The van der Waals surface area contributed by atoms with E-state index in [1.54, 1.807) is 6.20 Å². The van der Waals surface area contributed by atoms with Crippen molar-refractivity contribution in [1.82, 2.24) is 4.98 Å². The highest BCUT2D eigenvalue weighted by Crippen LogP contribution is 2.13. The number of thiazole rings is 1. The van der Waals surface area contributed by atoms with Crippen LogP contribution in [0.25, 0.3) is 0 Å². The summed E-state index contributed by atoms with van der Waals surface area (Å²) in [6.07, 6.45) is 3.65. The fourth-order valence-electron chi connectivity index (χ4n) is 1.08. The largest absolute Gasteiger partial charge is 0.302 e. The van der Waals surface area contributed by atoms with E-state index in [0.717, 1.165) is 12.8 Å². The number of anilines is 1. The van der Waals surface area contributed by atoms with Crippen molar-refractivity contribution in [2.45, 2.75) is 26.7 Å². The Morgan fingerprint density at radius 3 is 3.08 bits per heavy atom. The van der Waals surface area contributed by atoms with E-state index in [1.807, 2.05) is 12.3 Å². The molecule has 1 unspecified atom stereocenters. The molecule has 0 radical (unpaired) electrons. The average molecular weight is 198 g/mol. The number of amides is 1. The fourth-order valence-corrected chi connectivity index (χ4v) is 1.61. The van der Waals surface area contributed by atoms with Gasteiger partial charge in [0, 0.05) is 17.5 Å². The van der Waals surface area contributed by atoms with Crippen molar-refractivity contribution in [2.75, 3.05) is 5.32 Å². The van der Waals surface area contributed by atoms with Gasteiger partial charge in [-0.1, -0.05) is 20.3 Å². The molecule has 0 aliphatic heterocycles. The maximum atomic E-state index is 11.5. The van der Waals surface area contributed by atoms with Crippen molar-refractivity contribution in [3.8, 4) is 0 Å². The standard InChI is InChI=1S/C9H14N2OS/c1-3-4-7(2)8(12)11-9-10-5-6-13-9/h5-7H,3-4H2,1-2H3,(H,10,11,12). The van der Waals surface area contributed by atoms with Crippen molar-refractivity contribution in [2.24, 2.45) is 5.92 Å². The van der Waals surface area contributed by atoms with Gasteiger partial charge in [0.1, 0.15) is 0 Å². The summed E-state index contributed by atoms with van der Waals surface area (Å²) in [7, 11) is 0. The SMILES string of the molecule is CCCC(C)C(=O)Nc1nccs1. The van der Waals surface area contributed by atoms with Gasteiger partial charge in [-0.05, 0) is 6.42 Å². The van der Waals surface area contributed by atoms with Crippen LogP contribution in [0.1, 0.15) is 26.7 Å². The van der Waals surface area contributed by atoms with Gasteiger partial charge in [-0.2, -0.15) is 0 Å². The van der Waals surface area contributed by atoms with Gasteiger partial charge in [-0.15, -0.1) is 11.3 Å². The summed E-state index contributed by atoms with van der Waals surface area (Å²) in [5.41, 5.74) is 0. The number of hydrogen-bond donors (Lipinski definition) is 1. The van der Waals surface area contributed by atoms with Gasteiger partial charge < -0.3 is 5.32 Å². The monoisotopic (exact) mass is 198 g/mol. The molecule has 1 N–H and O–H groups in total. The average Bonchev–Trinajstić information content (AvgIpc) is 2.57. The molecule has 0 aliphatic rings. The molecular weight excluding hydrogens is 184 g/mol. The van der Waals surface area contributed by atoms with Crippen LogP contribution in [0.4, 0.5) is 5.13 Å². The van der Waals surface area contributed by atoms with E-state index in [-0.39, 0.29) is 11.8 Å². The minimum atomic E-state index is 0.0665. The molecule has 1 aromatic rings. The Labute approximate surface area is 82.2 Å². The second-order valence-electron chi connectivity index (χ2n) is 3.02. The van der Waals surface area contributed by atoms with Crippen LogP contribution in [-0.4, -0.2) is 10.9 Å². The van der Waals surface area contributed by atoms with E-state index < -0.39 is 0 Å². The van der Waals surface area contributed by atoms with E-state index in [9.17, 15) is 4.79 Å². The molecule has 3 nitrogen and oxygen atoms in total. The Kier molecular flexibility index (Phi) is 3.89. The third-order valence-electron chi connectivity index (χ3n) is 1.83. The number of aromatic nitrogens is 1. The van der Waals surface area contributed by atoms with Crippen molar-refractivity contribution < 1.29 is 4.79 Å². The van der Waals surface area contributed by atoms with Gasteiger partial charge in [0.15, 0.2) is 5.13 Å². The molecule has 0 saturated carbocycles. The third-order valence-corrected chi connectivity index (χ3v) is 2.52. The summed E-state index contributed by atoms with van der Waals surface area (Å²) in [5, 5.41) is 5.31. The molecule has 1 aromatic heterocycles. The number of carbonyl (C=O) groups is 1. The molecule has 0 bridgehead atoms. The van der Waals surface area contributed by atoms with Gasteiger partial charge in [0.05, 0.1) is 0 Å². The molecule has 1 heterocycles. The van der Waals surface area contributed by atoms with Gasteiger partial charge in [0.2, 0.25) is 5.91 Å². The predicted molar refractivity (Wildman–Crippen MR) is 54.8 cm³/mol. The van der Waals surface area contributed by atoms with Crippen LogP contribution >= 0.6 is 11.3 Å². The normalized spacial score (nSPS) is 12.5. The molecule has 1 amide bonds. The Morgan fingerprint density at radius 1 is 1.77 bits per heavy atom. The molecule has 0 aliphatic carbocycles. The zero-order valence-corrected chi connectivity index (χ0v) is 8.73. The molecule has 0 saturated heterocycles. The van der Waals surface area contributed by atoms with E-state index in [4.69, 9.17) is 0 Å². The molecule has 4 heteroatoms. The van der Waals surface area contributed by atoms with Gasteiger partial charge in [-0.25, -0.2) is 4.98 Å². The number of hydrogen-bond acceptors (Lipinski definition) is 3. The minimum Gasteiger partial charge on any atom is -0.302 e. The smallest absolute Gasteiger partial charge is 0.228 e. The van der Waals surface area contributed by atoms with E-state index in [0.29, 0.717) is 5.13 Å². The number of nitrogens with zero attached hydrogens (tertiary/aromatic N) is 1. The topological polar surface area (TPSA) is 42.0 Å². The van der Waals surface area contributed by atoms with E-state index in [1.165, 1.54) is 11.3 Å². The van der Waals surface area contributed by atoms with E-state index >= 15 is 0 Å². The lowest BCUT2D eigenvalue weighted by Gasteiger charge is -2.08. The first-order valence-electron chi connectivity index (χ1n) is 4.44. The number of nitrogens with one attached hydrogen (secondary N) is 1. The van der Waals surface area contributed by atoms with Crippen LogP contribution in [0, 0.1) is 5.92 Å². The lowest BCUT2D eigenvalue weighted by molar-refractivity contribution is -0.119. The first kappa shape index (κ1) is 10.2. The van der Waals surface area contributed by atoms with Crippen LogP contribution in [0.2, 0.25) is 0 Å². The van der Waals surface area contributed by atoms with Gasteiger partial charge in [0.25, 0.3) is 0 Å². The summed E-state index contributed by atoms with van der Waals surface area (Å²) < 4.78 is 0. The van der Waals surface area contributed by atoms with Crippen LogP contribution < -0.4 is 5.32 Å². The quantitative estimate of drug-likeness (QED) is 0.807. The number of rotatable bonds is 4. The highest BCUT2D eigenvalue weighted by Gasteiger charge is 2.12. The molecular formula is C9H14N2OS. The summed E-state index contributed by atoms with van der Waals surface area (Å²) in [6.45, 7) is 4.01. The molecule has 0 spiro atoms. The summed E-state index contributed by atoms with van der Waals surface area (Å²) in [4.78, 5) is 15.4. The van der Waals surface area contributed by atoms with Crippen LogP contribution in [0.5, 0.6) is 0 Å². The van der Waals surface area contributed by atoms with Crippen LogP contribution in [0.3, 0.4) is 0 Å². The van der Waals surface area contributed by atoms with Crippen molar-refractivity contribution in [1.29, 1.82) is 0 Å². The maximum absolute atomic E-state index is 11.5. The maximum Gasteiger partial charge on any atom is 0.228 e. The second-order valence-corrected chi connectivity index (χ2v) is 3.91. The Hall–Kier alpha value is -0.900. The molecule has 1 rings (SSSR count). The Bertz CT molecular complexity index is 259. The molecule has 0 aromatic carbocycles. The first-order valence-corrected chi connectivity index (χ1v) is 5.32. The van der Waals surface area contributed by atoms with Gasteiger partial charge >= 0.3 is 0 Å². The molecule has 13 heavy (non-hydrogen) atoms. The fraction of sp³-hybridized carbons (Fsp3) is 0.556. The number of carbonyl (C=O) groups excluding carboxylic acids is 1. The molecule has 0 fully saturated rings. The first-order chi connectivity index (χ1) is 6.24. The van der Waals surface area contributed by atoms with Crippen LogP contribution in [0.15, 0.2) is 11.6 Å². The second kappa shape index (κ2) is 4.97. The molecule has 72 valence electrons. The lowest BCUT2D eigenvalue weighted by atomic mass is 10.1. The minimum absolute atomic E-state index is 0.0665. The predicted octanol–water partition coefficient (Wildman–Crippen LogP) is 2.52. The zero-order valence-electron chi connectivity index (χ0n) is 7.91. The third kappa shape index (κ3) is 3.14. The summed E-state index contributed by atoms with van der Waals surface area (Å²) in [5.74, 6) is 0.144. The highest BCUT2D eigenvalue weighted by atomic mass is 32.1. The van der Waals surface area contributed by atoms with Crippen molar-refractivity contribution in [3.05, 3.63) is 11.6 Å². The highest BCUT2D eigenvalue weighted by molar-refractivity contribution is 7.13. The summed E-state index contributed by atoms with van der Waals surface area (Å²) >= 11 is 1.44. The van der Waals surface area contributed by atoms with E-state index in [2.05, 4.69) is 17.2 Å². The van der Waals surface area contributed by atoms with Crippen molar-refractivity contribution in [3.63, 3.8) is 0 Å². The van der Waals surface area contributed by atoms with Crippen molar-refractivity contribution >= 4 is 22.4 Å². The Morgan fingerprint density at radius 2 is 2.54 bits per heavy atom. The Balaban J connectivity index is 2.41. The molecule has 1 atom stereocenters.